The highest BCUT2D eigenvalue weighted by atomic mass is 16.5. The first-order valence-corrected chi connectivity index (χ1v) is 8.05. The fourth-order valence-electron chi connectivity index (χ4n) is 2.61. The van der Waals surface area contributed by atoms with Gasteiger partial charge in [0, 0.05) is 12.7 Å². The van der Waals surface area contributed by atoms with E-state index in [0.29, 0.717) is 13.2 Å². The molecule has 24 heavy (non-hydrogen) atoms. The molecule has 2 heterocycles. The molecule has 0 bridgehead atoms. The standard InChI is InChI=1S/C18H22N4O2/c1-4-24-15-9-8-14(11-16(15)23-3)12-19-13(2)18-21-20-17-7-5-6-10-22(17)18/h5-11,13,19H,4,12H2,1-3H3. The van der Waals surface area contributed by atoms with E-state index in [1.54, 1.807) is 7.11 Å². The van der Waals surface area contributed by atoms with E-state index in [-0.39, 0.29) is 6.04 Å². The van der Waals surface area contributed by atoms with Gasteiger partial charge in [0.1, 0.15) is 0 Å². The second-order valence-corrected chi connectivity index (χ2v) is 5.51. The summed E-state index contributed by atoms with van der Waals surface area (Å²) in [6.45, 7) is 5.35. The van der Waals surface area contributed by atoms with Crippen LogP contribution in [0.3, 0.4) is 0 Å². The number of rotatable bonds is 7. The van der Waals surface area contributed by atoms with Gasteiger partial charge in [-0.3, -0.25) is 4.40 Å². The molecule has 1 atom stereocenters. The van der Waals surface area contributed by atoms with Crippen molar-refractivity contribution in [3.63, 3.8) is 0 Å². The van der Waals surface area contributed by atoms with E-state index in [9.17, 15) is 0 Å². The van der Waals surface area contributed by atoms with E-state index >= 15 is 0 Å². The smallest absolute Gasteiger partial charge is 0.161 e. The Bertz CT molecular complexity index is 816. The molecule has 2 aromatic heterocycles. The van der Waals surface area contributed by atoms with Crippen LogP contribution in [0.15, 0.2) is 42.6 Å². The van der Waals surface area contributed by atoms with Crippen molar-refractivity contribution in [2.75, 3.05) is 13.7 Å². The molecule has 1 unspecified atom stereocenters. The van der Waals surface area contributed by atoms with Crippen LogP contribution in [0, 0.1) is 0 Å². The van der Waals surface area contributed by atoms with Crippen molar-refractivity contribution in [2.45, 2.75) is 26.4 Å². The third-order valence-corrected chi connectivity index (χ3v) is 3.87. The third-order valence-electron chi connectivity index (χ3n) is 3.87. The van der Waals surface area contributed by atoms with Crippen LogP contribution in [0.5, 0.6) is 11.5 Å². The minimum Gasteiger partial charge on any atom is -0.493 e. The Morgan fingerprint density at radius 1 is 1.17 bits per heavy atom. The van der Waals surface area contributed by atoms with Crippen LogP contribution in [0.25, 0.3) is 5.65 Å². The van der Waals surface area contributed by atoms with Crippen molar-refractivity contribution in [2.24, 2.45) is 0 Å². The molecule has 0 saturated carbocycles. The normalized spacial score (nSPS) is 12.3. The predicted molar refractivity (Wildman–Crippen MR) is 92.4 cm³/mol. The number of benzene rings is 1. The number of ether oxygens (including phenoxy) is 2. The molecule has 3 rings (SSSR count). The number of pyridine rings is 1. The van der Waals surface area contributed by atoms with Crippen LogP contribution in [0.4, 0.5) is 0 Å². The molecule has 126 valence electrons. The topological polar surface area (TPSA) is 60.7 Å². The summed E-state index contributed by atoms with van der Waals surface area (Å²) in [6, 6.07) is 11.9. The first-order valence-electron chi connectivity index (χ1n) is 8.05. The largest absolute Gasteiger partial charge is 0.493 e. The summed E-state index contributed by atoms with van der Waals surface area (Å²) in [4.78, 5) is 0. The minimum atomic E-state index is 0.0694. The van der Waals surface area contributed by atoms with Crippen LogP contribution in [-0.2, 0) is 6.54 Å². The lowest BCUT2D eigenvalue weighted by molar-refractivity contribution is 0.310. The zero-order valence-corrected chi connectivity index (χ0v) is 14.2. The van der Waals surface area contributed by atoms with Gasteiger partial charge in [0.05, 0.1) is 19.8 Å². The maximum Gasteiger partial charge on any atom is 0.161 e. The van der Waals surface area contributed by atoms with Gasteiger partial charge >= 0.3 is 0 Å². The van der Waals surface area contributed by atoms with Crippen LogP contribution in [0.2, 0.25) is 0 Å². The summed E-state index contributed by atoms with van der Waals surface area (Å²) in [5.41, 5.74) is 1.97. The minimum absolute atomic E-state index is 0.0694. The first kappa shape index (κ1) is 16.3. The number of nitrogens with one attached hydrogen (secondary N) is 1. The molecule has 0 amide bonds. The van der Waals surface area contributed by atoms with Gasteiger partial charge in [0.25, 0.3) is 0 Å². The van der Waals surface area contributed by atoms with Gasteiger partial charge in [-0.1, -0.05) is 12.1 Å². The number of hydrogen-bond donors (Lipinski definition) is 1. The lowest BCUT2D eigenvalue weighted by Crippen LogP contribution is -2.20. The Morgan fingerprint density at radius 3 is 2.83 bits per heavy atom. The maximum atomic E-state index is 5.55. The van der Waals surface area contributed by atoms with Crippen molar-refractivity contribution in [1.29, 1.82) is 0 Å². The van der Waals surface area contributed by atoms with E-state index in [4.69, 9.17) is 9.47 Å². The molecule has 6 nitrogen and oxygen atoms in total. The van der Waals surface area contributed by atoms with Gasteiger partial charge in [-0.05, 0) is 43.7 Å². The van der Waals surface area contributed by atoms with E-state index < -0.39 is 0 Å². The molecule has 3 aromatic rings. The number of methoxy groups -OCH3 is 1. The second kappa shape index (κ2) is 7.31. The van der Waals surface area contributed by atoms with E-state index in [1.165, 1.54) is 0 Å². The van der Waals surface area contributed by atoms with Gasteiger partial charge in [0.2, 0.25) is 0 Å². The van der Waals surface area contributed by atoms with Crippen molar-refractivity contribution in [1.82, 2.24) is 19.9 Å². The highest BCUT2D eigenvalue weighted by Gasteiger charge is 2.13. The molecular formula is C18H22N4O2. The van der Waals surface area contributed by atoms with E-state index in [0.717, 1.165) is 28.5 Å². The average molecular weight is 326 g/mol. The van der Waals surface area contributed by atoms with Gasteiger partial charge in [-0.15, -0.1) is 10.2 Å². The van der Waals surface area contributed by atoms with Gasteiger partial charge in [-0.25, -0.2) is 0 Å². The second-order valence-electron chi connectivity index (χ2n) is 5.51. The van der Waals surface area contributed by atoms with Gasteiger partial charge in [0.15, 0.2) is 23.0 Å². The summed E-state index contributed by atoms with van der Waals surface area (Å²) < 4.78 is 12.9. The van der Waals surface area contributed by atoms with E-state index in [2.05, 4.69) is 22.4 Å². The SMILES string of the molecule is CCOc1ccc(CNC(C)c2nnc3ccccn23)cc1OC. The summed E-state index contributed by atoms with van der Waals surface area (Å²) >= 11 is 0. The molecule has 6 heteroatoms. The molecule has 1 aromatic carbocycles. The number of nitrogens with zero attached hydrogens (tertiary/aromatic N) is 3. The van der Waals surface area contributed by atoms with E-state index in [1.807, 2.05) is 53.9 Å². The molecule has 0 fully saturated rings. The van der Waals surface area contributed by atoms with Crippen LogP contribution < -0.4 is 14.8 Å². The zero-order valence-electron chi connectivity index (χ0n) is 14.2. The maximum absolute atomic E-state index is 5.55. The first-order chi connectivity index (χ1) is 11.7. The molecule has 0 aliphatic rings. The van der Waals surface area contributed by atoms with Crippen LogP contribution >= 0.6 is 0 Å². The monoisotopic (exact) mass is 326 g/mol. The fraction of sp³-hybridized carbons (Fsp3) is 0.333. The van der Waals surface area contributed by atoms with Gasteiger partial charge < -0.3 is 14.8 Å². The van der Waals surface area contributed by atoms with Crippen LogP contribution in [0.1, 0.15) is 31.3 Å². The fourth-order valence-corrected chi connectivity index (χ4v) is 2.61. The van der Waals surface area contributed by atoms with Crippen molar-refractivity contribution in [3.8, 4) is 11.5 Å². The highest BCUT2D eigenvalue weighted by Crippen LogP contribution is 2.28. The van der Waals surface area contributed by atoms with Gasteiger partial charge in [-0.2, -0.15) is 0 Å². The molecule has 0 radical (unpaired) electrons. The summed E-state index contributed by atoms with van der Waals surface area (Å²) in [5, 5.41) is 12.0. The molecule has 1 N–H and O–H groups in total. The summed E-state index contributed by atoms with van der Waals surface area (Å²) in [7, 11) is 1.65. The number of hydrogen-bond acceptors (Lipinski definition) is 5. The average Bonchev–Trinajstić information content (AvgIpc) is 3.05. The molecule has 0 saturated heterocycles. The Hall–Kier alpha value is -2.60. The number of aromatic nitrogens is 3. The third kappa shape index (κ3) is 3.33. The molecule has 0 aliphatic carbocycles. The molecule has 0 aliphatic heterocycles. The van der Waals surface area contributed by atoms with Crippen molar-refractivity contribution in [3.05, 3.63) is 54.0 Å². The van der Waals surface area contributed by atoms with Crippen molar-refractivity contribution >= 4 is 5.65 Å². The Kier molecular flexibility index (Phi) is 4.96. The Morgan fingerprint density at radius 2 is 2.04 bits per heavy atom. The van der Waals surface area contributed by atoms with Crippen molar-refractivity contribution < 1.29 is 9.47 Å². The van der Waals surface area contributed by atoms with Crippen LogP contribution in [-0.4, -0.2) is 28.3 Å². The highest BCUT2D eigenvalue weighted by molar-refractivity contribution is 5.43. The summed E-state index contributed by atoms with van der Waals surface area (Å²) in [5.74, 6) is 2.40. The number of fused-ring (bicyclic) bond motifs is 1. The predicted octanol–water partition coefficient (Wildman–Crippen LogP) is 2.99. The quantitative estimate of drug-likeness (QED) is 0.723. The Balaban J connectivity index is 1.71. The summed E-state index contributed by atoms with van der Waals surface area (Å²) in [6.07, 6.45) is 1.97. The molecular weight excluding hydrogens is 304 g/mol. The lowest BCUT2D eigenvalue weighted by Gasteiger charge is -2.14. The lowest BCUT2D eigenvalue weighted by atomic mass is 10.2. The molecule has 0 spiro atoms. The zero-order chi connectivity index (χ0) is 16.9. The Labute approximate surface area is 141 Å².